The molecular weight excluding hydrogens is 717 g/mol. The predicted molar refractivity (Wildman–Crippen MR) is 249 cm³/mol. The first-order chi connectivity index (χ1) is 28.9. The Balaban J connectivity index is 1.21. The Morgan fingerprint density at radius 2 is 1.08 bits per heavy atom. The first-order valence-electron chi connectivity index (χ1n) is 20.6. The summed E-state index contributed by atoms with van der Waals surface area (Å²) in [6.07, 6.45) is 0. The summed E-state index contributed by atoms with van der Waals surface area (Å²) in [5.41, 5.74) is 17.7. The first kappa shape index (κ1) is 32.8. The summed E-state index contributed by atoms with van der Waals surface area (Å²) >= 11 is 0. The minimum atomic E-state index is -0.125. The normalized spacial score (nSPS) is 13.6. The van der Waals surface area contributed by atoms with Crippen molar-refractivity contribution in [2.75, 3.05) is 9.80 Å². The number of furan rings is 1. The molecule has 0 saturated heterocycles. The van der Waals surface area contributed by atoms with Crippen molar-refractivity contribution in [1.82, 2.24) is 4.40 Å². The molecule has 3 aromatic heterocycles. The second-order valence-corrected chi connectivity index (χ2v) is 17.3. The highest BCUT2D eigenvalue weighted by atomic mass is 16.4. The van der Waals surface area contributed by atoms with E-state index in [1.54, 1.807) is 0 Å². The standard InChI is InChI=1S/C54H38BN3O/c1-54(2,3)35-29-47-51-48(30-35)57(37-20-11-6-12-21-37)53-50(42-28-34(26-27-49(42)59-53)33-16-7-4-8-17-33)55(51)43-31-41-40-24-15-23-39-38-22-13-14-25-44(38)58(52(39)40)45(41)32-46(43)56(47)36-18-9-5-10-19-36/h4-32H,1-3H3. The van der Waals surface area contributed by atoms with Gasteiger partial charge in [0.1, 0.15) is 5.58 Å². The lowest BCUT2D eigenvalue weighted by atomic mass is 9.33. The van der Waals surface area contributed by atoms with Crippen LogP contribution in [0, 0.1) is 0 Å². The third-order valence-corrected chi connectivity index (χ3v) is 13.0. The summed E-state index contributed by atoms with van der Waals surface area (Å²) in [4.78, 5) is 4.93. The van der Waals surface area contributed by atoms with Gasteiger partial charge in [-0.2, -0.15) is 0 Å². The van der Waals surface area contributed by atoms with Crippen LogP contribution >= 0.6 is 0 Å². The zero-order valence-electron chi connectivity index (χ0n) is 33.1. The Hall–Kier alpha value is -7.24. The maximum absolute atomic E-state index is 7.19. The molecule has 5 heteroatoms. The Morgan fingerprint density at radius 3 is 1.81 bits per heavy atom. The van der Waals surface area contributed by atoms with E-state index in [0.717, 1.165) is 33.9 Å². The van der Waals surface area contributed by atoms with Crippen LogP contribution < -0.4 is 26.2 Å². The highest BCUT2D eigenvalue weighted by Gasteiger charge is 2.47. The van der Waals surface area contributed by atoms with Gasteiger partial charge in [-0.1, -0.05) is 136 Å². The SMILES string of the molecule is CC(C)(C)c1cc2c3c(c1)N(c1ccccc1)c1oc4ccc(-c5ccccc5)cc4c1B3c1cc3c4cccc5c6ccccc6n(c3cc1N2c1ccccc1)c54. The molecule has 0 spiro atoms. The summed E-state index contributed by atoms with van der Waals surface area (Å²) in [5, 5.41) is 6.27. The molecule has 59 heavy (non-hydrogen) atoms. The zero-order chi connectivity index (χ0) is 39.1. The molecule has 0 bridgehead atoms. The van der Waals surface area contributed by atoms with Gasteiger partial charge in [0.05, 0.1) is 16.6 Å². The van der Waals surface area contributed by atoms with Gasteiger partial charge in [0, 0.05) is 60.8 Å². The fourth-order valence-electron chi connectivity index (χ4n) is 10.4. The largest absolute Gasteiger partial charge is 0.440 e. The zero-order valence-corrected chi connectivity index (χ0v) is 33.1. The van der Waals surface area contributed by atoms with Crippen molar-refractivity contribution in [3.63, 3.8) is 0 Å². The molecular formula is C54H38BN3O. The molecule has 4 nitrogen and oxygen atoms in total. The van der Waals surface area contributed by atoms with E-state index < -0.39 is 0 Å². The predicted octanol–water partition coefficient (Wildman–Crippen LogP) is 12.6. The van der Waals surface area contributed by atoms with Crippen LogP contribution in [0.1, 0.15) is 26.3 Å². The third-order valence-electron chi connectivity index (χ3n) is 13.0. The van der Waals surface area contributed by atoms with E-state index in [9.17, 15) is 0 Å². The van der Waals surface area contributed by atoms with Crippen molar-refractivity contribution in [3.8, 4) is 11.1 Å². The van der Waals surface area contributed by atoms with E-state index in [2.05, 4.69) is 211 Å². The van der Waals surface area contributed by atoms with Crippen LogP contribution in [0.3, 0.4) is 0 Å². The molecule has 0 unspecified atom stereocenters. The van der Waals surface area contributed by atoms with E-state index in [-0.39, 0.29) is 12.1 Å². The second kappa shape index (κ2) is 11.7. The quantitative estimate of drug-likeness (QED) is 0.168. The van der Waals surface area contributed by atoms with E-state index >= 15 is 0 Å². The Kier molecular flexibility index (Phi) is 6.49. The third kappa shape index (κ3) is 4.45. The number of aromatic nitrogens is 1. The fraction of sp³-hybridized carbons (Fsp3) is 0.0741. The number of para-hydroxylation sites is 4. The minimum Gasteiger partial charge on any atom is -0.440 e. The number of rotatable bonds is 3. The van der Waals surface area contributed by atoms with Crippen LogP contribution in [-0.4, -0.2) is 11.1 Å². The Labute approximate surface area is 342 Å². The van der Waals surface area contributed by atoms with Crippen LogP contribution in [0.25, 0.3) is 60.2 Å². The smallest absolute Gasteiger partial charge is 0.257 e. The first-order valence-corrected chi connectivity index (χ1v) is 20.6. The van der Waals surface area contributed by atoms with E-state index in [1.165, 1.54) is 82.5 Å². The van der Waals surface area contributed by atoms with Gasteiger partial charge in [0.25, 0.3) is 6.71 Å². The Bertz CT molecular complexity index is 3490. The van der Waals surface area contributed by atoms with Gasteiger partial charge >= 0.3 is 0 Å². The molecule has 0 saturated carbocycles. The topological polar surface area (TPSA) is 24.0 Å². The number of nitrogens with zero attached hydrogens (tertiary/aromatic N) is 3. The molecule has 0 N–H and O–H groups in total. The average Bonchev–Trinajstić information content (AvgIpc) is 3.93. The molecule has 2 aliphatic heterocycles. The monoisotopic (exact) mass is 755 g/mol. The molecule has 5 heterocycles. The number of fused-ring (bicyclic) bond motifs is 12. The lowest BCUT2D eigenvalue weighted by molar-refractivity contribution is 0.590. The number of benzene rings is 8. The number of hydrogen-bond donors (Lipinski definition) is 0. The van der Waals surface area contributed by atoms with Crippen LogP contribution in [0.4, 0.5) is 34.3 Å². The fourth-order valence-corrected chi connectivity index (χ4v) is 10.4. The van der Waals surface area contributed by atoms with Crippen molar-refractivity contribution in [3.05, 3.63) is 181 Å². The van der Waals surface area contributed by atoms with Gasteiger partial charge in [-0.25, -0.2) is 0 Å². The molecule has 13 rings (SSSR count). The molecule has 0 aliphatic carbocycles. The second-order valence-electron chi connectivity index (χ2n) is 17.3. The van der Waals surface area contributed by atoms with E-state index in [4.69, 9.17) is 4.42 Å². The maximum atomic E-state index is 7.19. The van der Waals surface area contributed by atoms with Gasteiger partial charge < -0.3 is 13.7 Å². The van der Waals surface area contributed by atoms with Gasteiger partial charge in [-0.15, -0.1) is 0 Å². The lowest BCUT2D eigenvalue weighted by Gasteiger charge is -2.43. The van der Waals surface area contributed by atoms with Crippen LogP contribution in [0.2, 0.25) is 0 Å². The summed E-state index contributed by atoms with van der Waals surface area (Å²) in [6, 6.07) is 64.8. The van der Waals surface area contributed by atoms with Crippen molar-refractivity contribution in [2.45, 2.75) is 26.2 Å². The van der Waals surface area contributed by atoms with Gasteiger partial charge in [-0.3, -0.25) is 4.90 Å². The summed E-state index contributed by atoms with van der Waals surface area (Å²) in [5.74, 6) is 0.880. The van der Waals surface area contributed by atoms with Gasteiger partial charge in [-0.05, 0) is 93.7 Å². The summed E-state index contributed by atoms with van der Waals surface area (Å²) < 4.78 is 9.70. The van der Waals surface area contributed by atoms with Crippen molar-refractivity contribution in [2.24, 2.45) is 0 Å². The molecule has 0 fully saturated rings. The van der Waals surface area contributed by atoms with Crippen molar-refractivity contribution >= 4 is 106 Å². The number of anilines is 6. The highest BCUT2D eigenvalue weighted by molar-refractivity contribution is 7.01. The molecule has 2 aliphatic rings. The van der Waals surface area contributed by atoms with Gasteiger partial charge in [0.2, 0.25) is 5.88 Å². The minimum absolute atomic E-state index is 0.104. The van der Waals surface area contributed by atoms with E-state index in [1.807, 2.05) is 0 Å². The molecule has 8 aromatic carbocycles. The molecule has 0 amide bonds. The molecule has 0 atom stereocenters. The number of hydrogen-bond acceptors (Lipinski definition) is 3. The van der Waals surface area contributed by atoms with Gasteiger partial charge in [0.15, 0.2) is 0 Å². The molecule has 11 aromatic rings. The summed E-state index contributed by atoms with van der Waals surface area (Å²) in [6.45, 7) is 6.86. The highest BCUT2D eigenvalue weighted by Crippen LogP contribution is 2.49. The van der Waals surface area contributed by atoms with Crippen molar-refractivity contribution in [1.29, 1.82) is 0 Å². The van der Waals surface area contributed by atoms with Crippen molar-refractivity contribution < 1.29 is 4.42 Å². The molecule has 278 valence electrons. The molecule has 0 radical (unpaired) electrons. The average molecular weight is 756 g/mol. The van der Waals surface area contributed by atoms with E-state index in [0.29, 0.717) is 0 Å². The Morgan fingerprint density at radius 1 is 0.458 bits per heavy atom. The van der Waals surface area contributed by atoms with Crippen LogP contribution in [0.5, 0.6) is 0 Å². The van der Waals surface area contributed by atoms with Crippen LogP contribution in [-0.2, 0) is 5.41 Å². The summed E-state index contributed by atoms with van der Waals surface area (Å²) in [7, 11) is 0. The van der Waals surface area contributed by atoms with Crippen LogP contribution in [0.15, 0.2) is 180 Å². The lowest BCUT2D eigenvalue weighted by Crippen LogP contribution is -2.61. The maximum Gasteiger partial charge on any atom is 0.257 e.